The lowest BCUT2D eigenvalue weighted by Crippen LogP contribution is -2.17. The van der Waals surface area contributed by atoms with E-state index in [4.69, 9.17) is 10.5 Å². The highest BCUT2D eigenvalue weighted by Gasteiger charge is 2.15. The Balaban J connectivity index is 1.46. The lowest BCUT2D eigenvalue weighted by Gasteiger charge is -2.14. The van der Waals surface area contributed by atoms with Gasteiger partial charge < -0.3 is 21.1 Å². The number of ether oxygens (including phenoxy) is 1. The number of carbonyl (C=O) groups is 3. The van der Waals surface area contributed by atoms with E-state index in [1.54, 1.807) is 67.6 Å². The maximum absolute atomic E-state index is 13.0. The molecule has 7 heteroatoms. The van der Waals surface area contributed by atoms with Crippen molar-refractivity contribution in [3.05, 3.63) is 125 Å². The summed E-state index contributed by atoms with van der Waals surface area (Å²) in [5.41, 5.74) is 9.21. The molecule has 4 aromatic carbocycles. The first-order valence-corrected chi connectivity index (χ1v) is 11.3. The van der Waals surface area contributed by atoms with Gasteiger partial charge in [0.05, 0.1) is 5.56 Å². The molecule has 0 spiro atoms. The summed E-state index contributed by atoms with van der Waals surface area (Å²) >= 11 is 0. The monoisotopic (exact) mass is 479 g/mol. The molecule has 0 aromatic heterocycles. The third-order valence-corrected chi connectivity index (χ3v) is 5.59. The predicted octanol–water partition coefficient (Wildman–Crippen LogP) is 5.18. The Labute approximate surface area is 208 Å². The number of hydrogen-bond acceptors (Lipinski definition) is 4. The van der Waals surface area contributed by atoms with Crippen LogP contribution in [0.3, 0.4) is 0 Å². The van der Waals surface area contributed by atoms with Crippen LogP contribution in [0.15, 0.2) is 97.1 Å². The van der Waals surface area contributed by atoms with Crippen LogP contribution in [0.1, 0.15) is 42.2 Å². The van der Waals surface area contributed by atoms with E-state index >= 15 is 0 Å². The van der Waals surface area contributed by atoms with Crippen molar-refractivity contribution in [2.45, 2.75) is 13.5 Å². The second kappa shape index (κ2) is 11.0. The molecule has 0 heterocycles. The van der Waals surface area contributed by atoms with E-state index in [0.717, 1.165) is 5.56 Å². The number of para-hydroxylation sites is 2. The third kappa shape index (κ3) is 5.77. The molecule has 0 atom stereocenters. The Morgan fingerprint density at radius 2 is 1.44 bits per heavy atom. The molecule has 0 aliphatic rings. The highest BCUT2D eigenvalue weighted by molar-refractivity contribution is 6.08. The van der Waals surface area contributed by atoms with Crippen LogP contribution in [0.5, 0.6) is 5.75 Å². The standard InChI is InChI=1S/C29H25N3O4/c1-19-23(29(35)31-22-11-3-2-4-12-22)14-8-15-25(19)32-28(34)21-10-7-9-20(17-21)18-36-26-16-6-5-13-24(26)27(30)33/h2-17H,18H2,1H3,(H2,30,33)(H,31,35)(H,32,34). The SMILES string of the molecule is Cc1c(NC(=O)c2cccc(COc3ccccc3C(N)=O)c2)cccc1C(=O)Nc1ccccc1. The summed E-state index contributed by atoms with van der Waals surface area (Å²) in [6, 6.07) is 28.1. The van der Waals surface area contributed by atoms with Gasteiger partial charge in [-0.05, 0) is 66.6 Å². The summed E-state index contributed by atoms with van der Waals surface area (Å²) in [6.45, 7) is 1.94. The molecular weight excluding hydrogens is 454 g/mol. The minimum absolute atomic E-state index is 0.152. The summed E-state index contributed by atoms with van der Waals surface area (Å²) in [5, 5.41) is 5.75. The molecule has 0 saturated heterocycles. The Bertz CT molecular complexity index is 1420. The summed E-state index contributed by atoms with van der Waals surface area (Å²) < 4.78 is 5.77. The summed E-state index contributed by atoms with van der Waals surface area (Å²) in [4.78, 5) is 37.4. The maximum Gasteiger partial charge on any atom is 0.256 e. The average Bonchev–Trinajstić information content (AvgIpc) is 2.89. The molecule has 36 heavy (non-hydrogen) atoms. The minimum atomic E-state index is -0.575. The molecule has 4 N–H and O–H groups in total. The van der Waals surface area contributed by atoms with Gasteiger partial charge in [-0.3, -0.25) is 14.4 Å². The van der Waals surface area contributed by atoms with Gasteiger partial charge in [0.25, 0.3) is 17.7 Å². The number of nitrogens with two attached hydrogens (primary N) is 1. The van der Waals surface area contributed by atoms with Crippen molar-refractivity contribution < 1.29 is 19.1 Å². The molecule has 0 radical (unpaired) electrons. The zero-order valence-corrected chi connectivity index (χ0v) is 19.7. The first kappa shape index (κ1) is 24.2. The van der Waals surface area contributed by atoms with Crippen molar-refractivity contribution in [2.24, 2.45) is 5.73 Å². The van der Waals surface area contributed by atoms with Gasteiger partial charge in [0.15, 0.2) is 0 Å². The third-order valence-electron chi connectivity index (χ3n) is 5.59. The van der Waals surface area contributed by atoms with Crippen LogP contribution in [0.25, 0.3) is 0 Å². The Morgan fingerprint density at radius 3 is 2.22 bits per heavy atom. The van der Waals surface area contributed by atoms with Crippen molar-refractivity contribution >= 4 is 29.1 Å². The van der Waals surface area contributed by atoms with Crippen molar-refractivity contribution in [3.8, 4) is 5.75 Å². The second-order valence-corrected chi connectivity index (χ2v) is 8.10. The summed E-state index contributed by atoms with van der Waals surface area (Å²) in [7, 11) is 0. The zero-order chi connectivity index (χ0) is 25.5. The van der Waals surface area contributed by atoms with Crippen LogP contribution < -0.4 is 21.1 Å². The fourth-order valence-electron chi connectivity index (χ4n) is 3.69. The molecule has 0 fully saturated rings. The van der Waals surface area contributed by atoms with Crippen molar-refractivity contribution in [1.29, 1.82) is 0 Å². The predicted molar refractivity (Wildman–Crippen MR) is 139 cm³/mol. The van der Waals surface area contributed by atoms with Crippen molar-refractivity contribution in [3.63, 3.8) is 0 Å². The number of hydrogen-bond donors (Lipinski definition) is 3. The van der Waals surface area contributed by atoms with E-state index in [1.165, 1.54) is 0 Å². The molecule has 0 saturated carbocycles. The van der Waals surface area contributed by atoms with Crippen LogP contribution in [0.4, 0.5) is 11.4 Å². The van der Waals surface area contributed by atoms with Gasteiger partial charge in [-0.15, -0.1) is 0 Å². The van der Waals surface area contributed by atoms with E-state index in [-0.39, 0.29) is 24.0 Å². The lowest BCUT2D eigenvalue weighted by atomic mass is 10.0. The zero-order valence-electron chi connectivity index (χ0n) is 19.7. The van der Waals surface area contributed by atoms with Crippen LogP contribution in [0.2, 0.25) is 0 Å². The summed E-state index contributed by atoms with van der Waals surface area (Å²) in [5.74, 6) is -0.779. The molecule has 0 aliphatic carbocycles. The molecule has 0 bridgehead atoms. The van der Waals surface area contributed by atoms with E-state index < -0.39 is 5.91 Å². The fourth-order valence-corrected chi connectivity index (χ4v) is 3.69. The highest BCUT2D eigenvalue weighted by Crippen LogP contribution is 2.22. The number of amides is 3. The number of benzene rings is 4. The summed E-state index contributed by atoms with van der Waals surface area (Å²) in [6.07, 6.45) is 0. The Hall–Kier alpha value is -4.91. The van der Waals surface area contributed by atoms with Crippen LogP contribution in [-0.4, -0.2) is 17.7 Å². The first-order valence-electron chi connectivity index (χ1n) is 11.3. The maximum atomic E-state index is 13.0. The van der Waals surface area contributed by atoms with E-state index in [1.807, 2.05) is 36.4 Å². The molecule has 7 nitrogen and oxygen atoms in total. The van der Waals surface area contributed by atoms with E-state index in [9.17, 15) is 14.4 Å². The molecule has 0 unspecified atom stereocenters. The minimum Gasteiger partial charge on any atom is -0.488 e. The van der Waals surface area contributed by atoms with Crippen LogP contribution >= 0.6 is 0 Å². The quantitative estimate of drug-likeness (QED) is 0.323. The topological polar surface area (TPSA) is 111 Å². The van der Waals surface area contributed by atoms with Crippen molar-refractivity contribution in [1.82, 2.24) is 0 Å². The molecule has 0 aliphatic heterocycles. The van der Waals surface area contributed by atoms with E-state index in [0.29, 0.717) is 33.8 Å². The average molecular weight is 480 g/mol. The van der Waals surface area contributed by atoms with Crippen LogP contribution in [0, 0.1) is 6.92 Å². The number of anilines is 2. The number of nitrogens with one attached hydrogen (secondary N) is 2. The van der Waals surface area contributed by atoms with E-state index in [2.05, 4.69) is 10.6 Å². The molecule has 180 valence electrons. The smallest absolute Gasteiger partial charge is 0.256 e. The van der Waals surface area contributed by atoms with Gasteiger partial charge >= 0.3 is 0 Å². The van der Waals surface area contributed by atoms with Gasteiger partial charge in [0, 0.05) is 22.5 Å². The van der Waals surface area contributed by atoms with Gasteiger partial charge in [0.2, 0.25) is 0 Å². The van der Waals surface area contributed by atoms with Gasteiger partial charge in [-0.25, -0.2) is 0 Å². The second-order valence-electron chi connectivity index (χ2n) is 8.10. The molecular formula is C29H25N3O4. The molecule has 4 rings (SSSR count). The van der Waals surface area contributed by atoms with Gasteiger partial charge in [-0.2, -0.15) is 0 Å². The number of primary amides is 1. The molecule has 4 aromatic rings. The fraction of sp³-hybridized carbons (Fsp3) is 0.0690. The molecule has 3 amide bonds. The number of carbonyl (C=O) groups excluding carboxylic acids is 3. The van der Waals surface area contributed by atoms with Gasteiger partial charge in [0.1, 0.15) is 12.4 Å². The van der Waals surface area contributed by atoms with Gasteiger partial charge in [-0.1, -0.05) is 48.5 Å². The first-order chi connectivity index (χ1) is 17.4. The normalized spacial score (nSPS) is 10.4. The Kier molecular flexibility index (Phi) is 7.41. The highest BCUT2D eigenvalue weighted by atomic mass is 16.5. The number of rotatable bonds is 8. The lowest BCUT2D eigenvalue weighted by molar-refractivity contribution is 0.0992. The van der Waals surface area contributed by atoms with Crippen molar-refractivity contribution in [2.75, 3.05) is 10.6 Å². The largest absolute Gasteiger partial charge is 0.488 e. The Morgan fingerprint density at radius 1 is 0.750 bits per heavy atom. The van der Waals surface area contributed by atoms with Crippen LogP contribution in [-0.2, 0) is 6.61 Å².